The normalized spacial score (nSPS) is 9.44. The zero-order valence-electron chi connectivity index (χ0n) is 8.56. The largest absolute Gasteiger partial charge is 2.00 e. The van der Waals surface area contributed by atoms with Crippen molar-refractivity contribution in [3.63, 3.8) is 0 Å². The fourth-order valence-electron chi connectivity index (χ4n) is 0.755. The molecule has 0 unspecified atom stereocenters. The van der Waals surface area contributed by atoms with Crippen LogP contribution in [0.4, 0.5) is 0 Å². The second-order valence-electron chi connectivity index (χ2n) is 2.60. The molecular formula is C8H6O8PbS. The minimum atomic E-state index is -5.17. The number of hydrogen-bond donors (Lipinski definition) is 2. The molecule has 0 aromatic heterocycles. The summed E-state index contributed by atoms with van der Waals surface area (Å²) in [5.41, 5.74) is 0.167. The molecule has 0 saturated carbocycles. The van der Waals surface area contributed by atoms with Crippen LogP contribution in [-0.4, -0.2) is 67.0 Å². The van der Waals surface area contributed by atoms with E-state index in [2.05, 4.69) is 0 Å². The van der Waals surface area contributed by atoms with Crippen molar-refractivity contribution in [3.05, 3.63) is 35.4 Å². The smallest absolute Gasteiger partial charge is 0.759 e. The maximum absolute atomic E-state index is 10.3. The molecule has 2 N–H and O–H groups in total. The Hall–Kier alpha value is -1.05. The van der Waals surface area contributed by atoms with Crippen molar-refractivity contribution in [3.8, 4) is 0 Å². The third kappa shape index (κ3) is 10.1. The van der Waals surface area contributed by atoms with Crippen molar-refractivity contribution in [2.75, 3.05) is 0 Å². The molecule has 0 spiro atoms. The molecule has 18 heavy (non-hydrogen) atoms. The van der Waals surface area contributed by atoms with Crippen LogP contribution in [0.5, 0.6) is 0 Å². The van der Waals surface area contributed by atoms with Gasteiger partial charge in [-0.25, -0.2) is 9.59 Å². The van der Waals surface area contributed by atoms with Gasteiger partial charge in [-0.2, -0.15) is 0 Å². The van der Waals surface area contributed by atoms with Crippen molar-refractivity contribution >= 4 is 49.6 Å². The molecule has 8 nitrogen and oxygen atoms in total. The maximum atomic E-state index is 10.3. The van der Waals surface area contributed by atoms with Crippen molar-refractivity contribution in [1.29, 1.82) is 0 Å². The molecule has 0 fully saturated rings. The molecule has 96 valence electrons. The van der Waals surface area contributed by atoms with Crippen LogP contribution in [0.1, 0.15) is 20.7 Å². The van der Waals surface area contributed by atoms with Gasteiger partial charge in [0.15, 0.2) is 0 Å². The molecular weight excluding hydrogens is 463 g/mol. The van der Waals surface area contributed by atoms with Crippen LogP contribution in [0, 0.1) is 0 Å². The Morgan fingerprint density at radius 1 is 0.889 bits per heavy atom. The summed E-state index contributed by atoms with van der Waals surface area (Å²) in [6, 6.07) is 5.02. The topological polar surface area (TPSA) is 155 Å². The Morgan fingerprint density at radius 3 is 1.17 bits per heavy atom. The molecule has 0 bridgehead atoms. The minimum absolute atomic E-state index is 0. The summed E-state index contributed by atoms with van der Waals surface area (Å²) < 4.78 is 34.1. The first-order valence-electron chi connectivity index (χ1n) is 3.84. The van der Waals surface area contributed by atoms with Gasteiger partial charge >= 0.3 is 39.2 Å². The zero-order valence-corrected chi connectivity index (χ0v) is 13.3. The first-order chi connectivity index (χ1) is 7.61. The van der Waals surface area contributed by atoms with Crippen molar-refractivity contribution in [2.45, 2.75) is 0 Å². The monoisotopic (exact) mass is 470 g/mol. The Kier molecular flexibility index (Phi) is 8.71. The number of rotatable bonds is 2. The van der Waals surface area contributed by atoms with Gasteiger partial charge in [-0.1, -0.05) is 0 Å². The van der Waals surface area contributed by atoms with Crippen LogP contribution in [-0.2, 0) is 10.4 Å². The van der Waals surface area contributed by atoms with E-state index in [1.54, 1.807) is 0 Å². The van der Waals surface area contributed by atoms with E-state index in [0.717, 1.165) is 0 Å². The summed E-state index contributed by atoms with van der Waals surface area (Å²) >= 11 is 0. The molecule has 0 aliphatic heterocycles. The molecule has 1 rings (SSSR count). The third-order valence-corrected chi connectivity index (χ3v) is 1.38. The van der Waals surface area contributed by atoms with E-state index in [1.807, 2.05) is 0 Å². The van der Waals surface area contributed by atoms with Crippen LogP contribution < -0.4 is 0 Å². The van der Waals surface area contributed by atoms with E-state index in [4.69, 9.17) is 27.7 Å². The molecule has 0 amide bonds. The van der Waals surface area contributed by atoms with E-state index in [-0.39, 0.29) is 38.4 Å². The van der Waals surface area contributed by atoms with Gasteiger partial charge in [0.25, 0.3) is 0 Å². The van der Waals surface area contributed by atoms with Crippen molar-refractivity contribution < 1.29 is 37.3 Å². The molecule has 0 atom stereocenters. The average Bonchev–Trinajstić information content (AvgIpc) is 2.15. The first-order valence-corrected chi connectivity index (χ1v) is 5.18. The van der Waals surface area contributed by atoms with Gasteiger partial charge in [-0.3, -0.25) is 8.42 Å². The quantitative estimate of drug-likeness (QED) is 0.329. The van der Waals surface area contributed by atoms with Gasteiger partial charge in [-0.15, -0.1) is 0 Å². The van der Waals surface area contributed by atoms with Crippen LogP contribution in [0.2, 0.25) is 0 Å². The molecule has 2 radical (unpaired) electrons. The summed E-state index contributed by atoms with van der Waals surface area (Å²) in [5.74, 6) is -2.13. The second kappa shape index (κ2) is 8.12. The number of hydrogen-bond acceptors (Lipinski definition) is 6. The van der Waals surface area contributed by atoms with Crippen LogP contribution in [0.15, 0.2) is 24.3 Å². The number of carbonyl (C=O) groups is 2. The predicted octanol–water partition coefficient (Wildman–Crippen LogP) is -0.636. The molecule has 1 aromatic rings. The third-order valence-electron chi connectivity index (χ3n) is 1.38. The van der Waals surface area contributed by atoms with E-state index in [9.17, 15) is 9.59 Å². The average molecular weight is 469 g/mol. The van der Waals surface area contributed by atoms with Crippen LogP contribution >= 0.6 is 0 Å². The van der Waals surface area contributed by atoms with Crippen LogP contribution in [0.25, 0.3) is 0 Å². The summed E-state index contributed by atoms with van der Waals surface area (Å²) in [5, 5.41) is 16.9. The number of carboxylic acid groups (broad SMARTS) is 2. The molecule has 10 heteroatoms. The van der Waals surface area contributed by atoms with Crippen molar-refractivity contribution in [1.82, 2.24) is 0 Å². The Bertz CT molecular complexity index is 465. The molecule has 1 aromatic carbocycles. The summed E-state index contributed by atoms with van der Waals surface area (Å²) in [4.78, 5) is 20.7. The standard InChI is InChI=1S/C8H6O4.H2O4S.Pb/c9-7(10)5-1-2-6(4-3-5)8(11)12;1-5(2,3)4;/h1-4H,(H,9,10)(H,11,12);(H2,1,2,3,4);/q;;+2/p-2. The van der Waals surface area contributed by atoms with E-state index < -0.39 is 22.3 Å². The summed E-state index contributed by atoms with van der Waals surface area (Å²) in [6.07, 6.45) is 0. The molecule has 0 heterocycles. The Morgan fingerprint density at radius 2 is 1.06 bits per heavy atom. The van der Waals surface area contributed by atoms with Gasteiger partial charge in [-0.05, 0) is 24.3 Å². The zero-order chi connectivity index (χ0) is 13.6. The van der Waals surface area contributed by atoms with Gasteiger partial charge < -0.3 is 19.3 Å². The Labute approximate surface area is 122 Å². The SMILES string of the molecule is O=C(O)c1ccc(C(=O)O)cc1.O=S(=O)([O-])[O-].[Pb+2]. The van der Waals surface area contributed by atoms with Gasteiger partial charge in [0.1, 0.15) is 0 Å². The van der Waals surface area contributed by atoms with Gasteiger partial charge in [0, 0.05) is 10.4 Å². The summed E-state index contributed by atoms with van der Waals surface area (Å²) in [7, 11) is -5.17. The number of benzene rings is 1. The second-order valence-corrected chi connectivity index (χ2v) is 3.41. The van der Waals surface area contributed by atoms with E-state index in [1.165, 1.54) is 24.3 Å². The fourth-order valence-corrected chi connectivity index (χ4v) is 0.755. The molecule has 0 aliphatic rings. The number of aromatic carboxylic acids is 2. The maximum Gasteiger partial charge on any atom is 2.00 e. The Balaban J connectivity index is 0. The first kappa shape index (κ1) is 19.3. The van der Waals surface area contributed by atoms with E-state index in [0.29, 0.717) is 0 Å². The minimum Gasteiger partial charge on any atom is -0.759 e. The molecule has 0 saturated heterocycles. The molecule has 0 aliphatic carbocycles. The van der Waals surface area contributed by atoms with Crippen LogP contribution in [0.3, 0.4) is 0 Å². The predicted molar refractivity (Wildman–Crippen MR) is 56.6 cm³/mol. The van der Waals surface area contributed by atoms with Gasteiger partial charge in [0.05, 0.1) is 11.1 Å². The number of carboxylic acids is 2. The fraction of sp³-hybridized carbons (Fsp3) is 0. The van der Waals surface area contributed by atoms with Gasteiger partial charge in [0.2, 0.25) is 0 Å². The summed E-state index contributed by atoms with van der Waals surface area (Å²) in [6.45, 7) is 0. The van der Waals surface area contributed by atoms with Crippen molar-refractivity contribution in [2.24, 2.45) is 0 Å². The van der Waals surface area contributed by atoms with E-state index >= 15 is 0 Å².